The van der Waals surface area contributed by atoms with E-state index in [4.69, 9.17) is 9.47 Å². The Kier molecular flexibility index (Phi) is 17.1. The predicted molar refractivity (Wildman–Crippen MR) is 148 cm³/mol. The van der Waals surface area contributed by atoms with Crippen molar-refractivity contribution in [2.75, 3.05) is 54.6 Å². The monoisotopic (exact) mass is 492 g/mol. The van der Waals surface area contributed by atoms with Crippen molar-refractivity contribution in [3.05, 3.63) is 65.2 Å². The molecule has 2 aliphatic rings. The summed E-state index contributed by atoms with van der Waals surface area (Å²) in [6, 6.07) is 18.0. The first kappa shape index (κ1) is 32.3. The molecule has 2 aliphatic heterocycles. The van der Waals surface area contributed by atoms with Crippen molar-refractivity contribution >= 4 is 13.9 Å². The summed E-state index contributed by atoms with van der Waals surface area (Å²) < 4.78 is 9.89. The van der Waals surface area contributed by atoms with Crippen LogP contribution in [0, 0.1) is 0 Å². The average Bonchev–Trinajstić information content (AvgIpc) is 3.55. The molecule has 6 heteroatoms. The molecule has 0 radical (unpaired) electrons. The third-order valence-electron chi connectivity index (χ3n) is 5.64. The Morgan fingerprint density at radius 1 is 0.743 bits per heavy atom. The summed E-state index contributed by atoms with van der Waals surface area (Å²) in [6.07, 6.45) is 5.11. The summed E-state index contributed by atoms with van der Waals surface area (Å²) in [5, 5.41) is 1.44. The molecule has 1 atom stereocenters. The first-order valence-corrected chi connectivity index (χ1v) is 13.7. The Morgan fingerprint density at radius 3 is 1.66 bits per heavy atom. The first-order chi connectivity index (χ1) is 16.4. The minimum absolute atomic E-state index is 0. The van der Waals surface area contributed by atoms with Crippen LogP contribution in [0.3, 0.4) is 0 Å². The van der Waals surface area contributed by atoms with E-state index in [0.29, 0.717) is 5.66 Å². The Hall–Kier alpha value is -0.693. The topological polar surface area (TPSA) is 24.9 Å². The molecular formula is C29H46LiN2O2P. The molecule has 0 saturated carbocycles. The maximum absolute atomic E-state index is 4.94. The van der Waals surface area contributed by atoms with Crippen LogP contribution in [-0.4, -0.2) is 70.1 Å². The average molecular weight is 493 g/mol. The van der Waals surface area contributed by atoms with Gasteiger partial charge in [0.2, 0.25) is 0 Å². The first-order valence-electron chi connectivity index (χ1n) is 12.7. The maximum Gasteiger partial charge on any atom is 1.00 e. The number of rotatable bonds is 7. The van der Waals surface area contributed by atoms with E-state index >= 15 is 0 Å². The second kappa shape index (κ2) is 18.5. The van der Waals surface area contributed by atoms with E-state index in [-0.39, 0.29) is 24.9 Å². The minimum Gasteiger partial charge on any atom is -0.503 e. The van der Waals surface area contributed by atoms with Crippen molar-refractivity contribution in [3.63, 3.8) is 0 Å². The molecule has 4 rings (SSSR count). The third-order valence-corrected chi connectivity index (χ3v) is 6.84. The molecule has 0 N–H and O–H groups in total. The van der Waals surface area contributed by atoms with Crippen molar-refractivity contribution in [1.82, 2.24) is 9.80 Å². The molecule has 2 aromatic rings. The van der Waals surface area contributed by atoms with Crippen molar-refractivity contribution in [2.45, 2.75) is 57.8 Å². The zero-order valence-corrected chi connectivity index (χ0v) is 24.2. The van der Waals surface area contributed by atoms with Gasteiger partial charge in [0.05, 0.1) is 6.04 Å². The Morgan fingerprint density at radius 2 is 1.23 bits per heavy atom. The van der Waals surface area contributed by atoms with Gasteiger partial charge >= 0.3 is 18.9 Å². The van der Waals surface area contributed by atoms with Gasteiger partial charge in [-0.05, 0) is 65.0 Å². The van der Waals surface area contributed by atoms with E-state index in [1.165, 1.54) is 56.3 Å². The van der Waals surface area contributed by atoms with E-state index in [1.54, 1.807) is 0 Å². The molecular weight excluding hydrogens is 446 g/mol. The molecule has 1 unspecified atom stereocenters. The zero-order chi connectivity index (χ0) is 24.8. The summed E-state index contributed by atoms with van der Waals surface area (Å²) >= 11 is 0. The van der Waals surface area contributed by atoms with E-state index < -0.39 is 0 Å². The number of hydrogen-bond acceptors (Lipinski definition) is 4. The maximum atomic E-state index is 4.94. The van der Waals surface area contributed by atoms with Crippen molar-refractivity contribution in [3.8, 4) is 0 Å². The van der Waals surface area contributed by atoms with Gasteiger partial charge in [-0.1, -0.05) is 67.9 Å². The minimum atomic E-state index is 0. The van der Waals surface area contributed by atoms with Gasteiger partial charge in [0.25, 0.3) is 0 Å². The fourth-order valence-electron chi connectivity index (χ4n) is 4.14. The molecule has 0 bridgehead atoms. The van der Waals surface area contributed by atoms with Crippen LogP contribution in [0.4, 0.5) is 0 Å². The van der Waals surface area contributed by atoms with Crippen molar-refractivity contribution in [1.29, 1.82) is 0 Å². The normalized spacial score (nSPS) is 16.1. The van der Waals surface area contributed by atoms with Gasteiger partial charge in [-0.25, -0.2) is 0 Å². The van der Waals surface area contributed by atoms with Gasteiger partial charge in [0.15, 0.2) is 0 Å². The van der Waals surface area contributed by atoms with Gasteiger partial charge < -0.3 is 23.0 Å². The molecule has 35 heavy (non-hydrogen) atoms. The summed E-state index contributed by atoms with van der Waals surface area (Å²) in [4.78, 5) is 4.58. The predicted octanol–water partition coefficient (Wildman–Crippen LogP) is 2.98. The molecule has 0 spiro atoms. The number of benzene rings is 2. The molecule has 4 nitrogen and oxygen atoms in total. The Balaban J connectivity index is 0.000000456. The zero-order valence-electron chi connectivity index (χ0n) is 23.3. The van der Waals surface area contributed by atoms with Crippen LogP contribution in [0.5, 0.6) is 0 Å². The van der Waals surface area contributed by atoms with Crippen molar-refractivity contribution in [2.24, 2.45) is 0 Å². The fourth-order valence-corrected chi connectivity index (χ4v) is 5.22. The van der Waals surface area contributed by atoms with E-state index in [1.807, 2.05) is 0 Å². The summed E-state index contributed by atoms with van der Waals surface area (Å²) in [6.45, 7) is 9.52. The molecule has 0 aromatic heterocycles. The van der Waals surface area contributed by atoms with E-state index in [2.05, 4.69) is 100 Å². The molecule has 2 saturated heterocycles. The molecule has 0 amide bonds. The summed E-state index contributed by atoms with van der Waals surface area (Å²) in [5.74, 6) is 0. The third kappa shape index (κ3) is 12.4. The van der Waals surface area contributed by atoms with Gasteiger partial charge in [-0.3, -0.25) is 4.90 Å². The van der Waals surface area contributed by atoms with Crippen molar-refractivity contribution < 1.29 is 28.3 Å². The van der Waals surface area contributed by atoms with Crippen LogP contribution >= 0.6 is 8.58 Å². The van der Waals surface area contributed by atoms with Crippen LogP contribution in [-0.2, 0) is 16.0 Å². The molecule has 0 aliphatic carbocycles. The Labute approximate surface area is 229 Å². The van der Waals surface area contributed by atoms with Gasteiger partial charge in [0, 0.05) is 33.0 Å². The van der Waals surface area contributed by atoms with Gasteiger partial charge in [-0.2, -0.15) is 11.0 Å². The summed E-state index contributed by atoms with van der Waals surface area (Å²) in [7, 11) is 10.0. The van der Waals surface area contributed by atoms with Crippen LogP contribution in [0.1, 0.15) is 62.3 Å². The van der Waals surface area contributed by atoms with E-state index in [9.17, 15) is 0 Å². The largest absolute Gasteiger partial charge is 1.00 e. The smallest absolute Gasteiger partial charge is 0.503 e. The second-order valence-electron chi connectivity index (χ2n) is 9.72. The SMILES string of the molecule is C1CCOC1.C1CCOC1.CC(C)[P-]c1ccccc1C(c1ccccc1CN(C)C)N(C)C.[Li+]. The number of hydrogen-bond donors (Lipinski definition) is 0. The molecule has 2 aromatic carbocycles. The number of nitrogens with zero attached hydrogens (tertiary/aromatic N) is 2. The van der Waals surface area contributed by atoms with Crippen LogP contribution < -0.4 is 24.2 Å². The summed E-state index contributed by atoms with van der Waals surface area (Å²) in [5.41, 5.74) is 4.86. The quantitative estimate of drug-likeness (QED) is 0.438. The van der Waals surface area contributed by atoms with Gasteiger partial charge in [0.1, 0.15) is 0 Å². The van der Waals surface area contributed by atoms with Gasteiger partial charge in [-0.15, -0.1) is 0 Å². The van der Waals surface area contributed by atoms with E-state index in [0.717, 1.165) is 33.0 Å². The number of ether oxygens (including phenoxy) is 2. The second-order valence-corrected chi connectivity index (χ2v) is 11.5. The fraction of sp³-hybridized carbons (Fsp3) is 0.586. The van der Waals surface area contributed by atoms with Crippen LogP contribution in [0.25, 0.3) is 0 Å². The molecule has 2 heterocycles. The standard InChI is InChI=1S/C21H30N2P.2C4H8O.Li/c1-16(2)24-20-14-10-9-13-19(20)21(23(5)6)18-12-8-7-11-17(18)15-22(3)4;2*1-2-4-5-3-1;/h7-14,16,21H,15H2,1-6H3;2*1-4H2;/q-1;;;+1. The van der Waals surface area contributed by atoms with Crippen LogP contribution in [0.2, 0.25) is 0 Å². The van der Waals surface area contributed by atoms with Crippen LogP contribution in [0.15, 0.2) is 48.5 Å². The molecule has 190 valence electrons. The Bertz CT molecular complexity index is 730. The molecule has 2 fully saturated rings.